The van der Waals surface area contributed by atoms with Gasteiger partial charge in [0.25, 0.3) is 6.01 Å². The van der Waals surface area contributed by atoms with Crippen molar-refractivity contribution in [3.05, 3.63) is 24.0 Å². The smallest absolute Gasteiger partial charge is 0.329 e. The maximum absolute atomic E-state index is 13.2. The second kappa shape index (κ2) is 5.02. The Morgan fingerprint density at radius 1 is 1.52 bits per heavy atom. The number of oxazole rings is 1. The Balaban J connectivity index is 2.07. The van der Waals surface area contributed by atoms with Crippen molar-refractivity contribution in [2.45, 2.75) is 38.1 Å². The molecule has 3 rings (SSSR count). The van der Waals surface area contributed by atoms with Crippen LogP contribution in [0.2, 0.25) is 0 Å². The van der Waals surface area contributed by atoms with Gasteiger partial charge in [-0.2, -0.15) is 4.98 Å². The molecule has 112 valence electrons. The molecule has 21 heavy (non-hydrogen) atoms. The summed E-state index contributed by atoms with van der Waals surface area (Å²) >= 11 is 0. The lowest BCUT2D eigenvalue weighted by atomic mass is 9.84. The van der Waals surface area contributed by atoms with Gasteiger partial charge >= 0.3 is 5.97 Å². The van der Waals surface area contributed by atoms with Crippen LogP contribution in [0.15, 0.2) is 22.6 Å². The van der Waals surface area contributed by atoms with Crippen LogP contribution in [0.3, 0.4) is 0 Å². The van der Waals surface area contributed by atoms with Crippen molar-refractivity contribution in [3.8, 4) is 0 Å². The minimum Gasteiger partial charge on any atom is -0.479 e. The van der Waals surface area contributed by atoms with E-state index in [2.05, 4.69) is 4.98 Å². The predicted molar refractivity (Wildman–Crippen MR) is 75.8 cm³/mol. The average molecular weight is 292 g/mol. The van der Waals surface area contributed by atoms with E-state index in [0.717, 1.165) is 12.8 Å². The lowest BCUT2D eigenvalue weighted by molar-refractivity contribution is -0.144. The normalized spacial score (nSPS) is 22.7. The van der Waals surface area contributed by atoms with Crippen LogP contribution in [-0.4, -0.2) is 28.1 Å². The first kappa shape index (κ1) is 13.9. The maximum atomic E-state index is 13.2. The summed E-state index contributed by atoms with van der Waals surface area (Å²) in [6, 6.07) is 4.37. The molecular formula is C15H17FN2O3. The van der Waals surface area contributed by atoms with Crippen molar-refractivity contribution in [3.63, 3.8) is 0 Å². The highest BCUT2D eigenvalue weighted by Crippen LogP contribution is 2.36. The summed E-state index contributed by atoms with van der Waals surface area (Å²) in [6.45, 7) is 2.43. The van der Waals surface area contributed by atoms with Gasteiger partial charge in [-0.15, -0.1) is 0 Å². The molecule has 2 heterocycles. The van der Waals surface area contributed by atoms with Gasteiger partial charge in [0.2, 0.25) is 0 Å². The Morgan fingerprint density at radius 3 is 3.05 bits per heavy atom. The average Bonchev–Trinajstić information content (AvgIpc) is 2.89. The summed E-state index contributed by atoms with van der Waals surface area (Å²) < 4.78 is 18.9. The summed E-state index contributed by atoms with van der Waals surface area (Å²) in [6.07, 6.45) is 2.79. The predicted octanol–water partition coefficient (Wildman–Crippen LogP) is 3.19. The quantitative estimate of drug-likeness (QED) is 0.941. The number of benzene rings is 1. The molecule has 1 N–H and O–H groups in total. The fraction of sp³-hybridized carbons (Fsp3) is 0.467. The Hall–Kier alpha value is -2.11. The van der Waals surface area contributed by atoms with Gasteiger partial charge in [0.1, 0.15) is 16.9 Å². The zero-order valence-electron chi connectivity index (χ0n) is 11.8. The monoisotopic (exact) mass is 292 g/mol. The lowest BCUT2D eigenvalue weighted by Gasteiger charge is -2.42. The van der Waals surface area contributed by atoms with Crippen molar-refractivity contribution in [2.24, 2.45) is 0 Å². The summed E-state index contributed by atoms with van der Waals surface area (Å²) in [7, 11) is 0. The molecule has 1 aromatic carbocycles. The fourth-order valence-corrected chi connectivity index (χ4v) is 3.06. The molecule has 1 fully saturated rings. The van der Waals surface area contributed by atoms with E-state index in [9.17, 15) is 14.3 Å². The van der Waals surface area contributed by atoms with Gasteiger partial charge in [0.15, 0.2) is 5.58 Å². The molecule has 1 aliphatic rings. The second-order valence-corrected chi connectivity index (χ2v) is 5.41. The van der Waals surface area contributed by atoms with E-state index < -0.39 is 11.5 Å². The van der Waals surface area contributed by atoms with Crippen molar-refractivity contribution in [1.82, 2.24) is 4.98 Å². The fourth-order valence-electron chi connectivity index (χ4n) is 3.06. The highest BCUT2D eigenvalue weighted by molar-refractivity contribution is 5.84. The summed E-state index contributed by atoms with van der Waals surface area (Å²) in [5, 5.41) is 9.67. The van der Waals surface area contributed by atoms with Gasteiger partial charge in [-0.05, 0) is 37.8 Å². The van der Waals surface area contributed by atoms with Gasteiger partial charge in [-0.25, -0.2) is 9.18 Å². The molecule has 6 heteroatoms. The summed E-state index contributed by atoms with van der Waals surface area (Å²) in [5.74, 6) is -1.25. The number of carboxylic acid groups (broad SMARTS) is 1. The van der Waals surface area contributed by atoms with Crippen molar-refractivity contribution in [1.29, 1.82) is 0 Å². The highest BCUT2D eigenvalue weighted by atomic mass is 19.1. The number of hydrogen-bond donors (Lipinski definition) is 1. The number of halogens is 1. The number of rotatable bonds is 3. The van der Waals surface area contributed by atoms with E-state index in [4.69, 9.17) is 4.42 Å². The van der Waals surface area contributed by atoms with Gasteiger partial charge in [0.05, 0.1) is 0 Å². The van der Waals surface area contributed by atoms with E-state index in [0.29, 0.717) is 30.5 Å². The Bertz CT molecular complexity index is 685. The third-order valence-electron chi connectivity index (χ3n) is 4.29. The minimum atomic E-state index is -0.988. The number of aliphatic carboxylic acids is 1. The molecule has 1 aliphatic heterocycles. The number of hydrogen-bond acceptors (Lipinski definition) is 4. The van der Waals surface area contributed by atoms with Crippen LogP contribution in [0.1, 0.15) is 32.6 Å². The van der Waals surface area contributed by atoms with E-state index in [-0.39, 0.29) is 11.8 Å². The first-order valence-corrected chi connectivity index (χ1v) is 7.14. The van der Waals surface area contributed by atoms with Crippen LogP contribution in [0.4, 0.5) is 10.4 Å². The number of nitrogens with zero attached hydrogens (tertiary/aromatic N) is 2. The summed E-state index contributed by atoms with van der Waals surface area (Å²) in [4.78, 5) is 17.8. The molecule has 0 saturated carbocycles. The highest BCUT2D eigenvalue weighted by Gasteiger charge is 2.46. The molecule has 0 unspecified atom stereocenters. The standard InChI is InChI=1S/C15H17FN2O3/c1-2-15(13(19)20)7-3-4-8-18(15)14-17-11-9-10(16)5-6-12(11)21-14/h5-6,9H,2-4,7-8H2,1H3,(H,19,20)/t15-/m0/s1. The molecule has 0 radical (unpaired) electrons. The van der Waals surface area contributed by atoms with Crippen LogP contribution in [-0.2, 0) is 4.79 Å². The largest absolute Gasteiger partial charge is 0.479 e. The molecule has 0 amide bonds. The third-order valence-corrected chi connectivity index (χ3v) is 4.29. The minimum absolute atomic E-state index is 0.263. The van der Waals surface area contributed by atoms with E-state index in [1.54, 1.807) is 4.90 Å². The number of fused-ring (bicyclic) bond motifs is 1. The molecule has 1 aromatic heterocycles. The molecular weight excluding hydrogens is 275 g/mol. The zero-order chi connectivity index (χ0) is 15.0. The van der Waals surface area contributed by atoms with Crippen molar-refractivity contribution >= 4 is 23.1 Å². The third kappa shape index (κ3) is 2.14. The van der Waals surface area contributed by atoms with Crippen LogP contribution < -0.4 is 4.90 Å². The zero-order valence-corrected chi connectivity index (χ0v) is 11.8. The number of anilines is 1. The molecule has 0 bridgehead atoms. The van der Waals surface area contributed by atoms with Crippen molar-refractivity contribution < 1.29 is 18.7 Å². The van der Waals surface area contributed by atoms with E-state index in [1.807, 2.05) is 6.92 Å². The number of piperidine rings is 1. The van der Waals surface area contributed by atoms with Gasteiger partial charge in [0, 0.05) is 12.6 Å². The summed E-state index contributed by atoms with van der Waals surface area (Å²) in [5.41, 5.74) is -0.115. The van der Waals surface area contributed by atoms with Crippen LogP contribution in [0.25, 0.3) is 11.1 Å². The van der Waals surface area contributed by atoms with Gasteiger partial charge in [-0.1, -0.05) is 6.92 Å². The first-order chi connectivity index (χ1) is 10.1. The maximum Gasteiger partial charge on any atom is 0.329 e. The number of aromatic nitrogens is 1. The van der Waals surface area contributed by atoms with E-state index >= 15 is 0 Å². The number of carbonyl (C=O) groups is 1. The Morgan fingerprint density at radius 2 is 2.33 bits per heavy atom. The SMILES string of the molecule is CC[C@@]1(C(=O)O)CCCCN1c1nc2cc(F)ccc2o1. The molecule has 0 spiro atoms. The van der Waals surface area contributed by atoms with Gasteiger partial charge < -0.3 is 14.4 Å². The second-order valence-electron chi connectivity index (χ2n) is 5.41. The molecule has 2 aromatic rings. The first-order valence-electron chi connectivity index (χ1n) is 7.14. The topological polar surface area (TPSA) is 66.6 Å². The van der Waals surface area contributed by atoms with Crippen LogP contribution in [0.5, 0.6) is 0 Å². The number of carboxylic acids is 1. The van der Waals surface area contributed by atoms with Crippen molar-refractivity contribution in [2.75, 3.05) is 11.4 Å². The molecule has 0 aliphatic carbocycles. The molecule has 5 nitrogen and oxygen atoms in total. The molecule has 1 saturated heterocycles. The van der Waals surface area contributed by atoms with Crippen LogP contribution >= 0.6 is 0 Å². The van der Waals surface area contributed by atoms with Gasteiger partial charge in [-0.3, -0.25) is 0 Å². The lowest BCUT2D eigenvalue weighted by Crippen LogP contribution is -2.57. The molecule has 1 atom stereocenters. The van der Waals surface area contributed by atoms with Crippen LogP contribution in [0, 0.1) is 5.82 Å². The Labute approximate surface area is 121 Å². The Kier molecular flexibility index (Phi) is 3.31. The van der Waals surface area contributed by atoms with E-state index in [1.165, 1.54) is 18.2 Å².